The Hall–Kier alpha value is -2.08. The third-order valence-corrected chi connectivity index (χ3v) is 4.36. The molecule has 3 rings (SSSR count). The van der Waals surface area contributed by atoms with Crippen LogP contribution < -0.4 is 20.3 Å². The van der Waals surface area contributed by atoms with Crippen LogP contribution in [-0.2, 0) is 9.59 Å². The molecule has 1 fully saturated rings. The Morgan fingerprint density at radius 1 is 1.39 bits per heavy atom. The number of carbonyl (C=O) groups is 2. The summed E-state index contributed by atoms with van der Waals surface area (Å²) in [5, 5.41) is 6.41. The first-order valence-corrected chi connectivity index (χ1v) is 8.14. The van der Waals surface area contributed by atoms with Gasteiger partial charge in [0.05, 0.1) is 5.69 Å². The lowest BCUT2D eigenvalue weighted by atomic mass is 10.0. The lowest BCUT2D eigenvalue weighted by Crippen LogP contribution is -2.52. The summed E-state index contributed by atoms with van der Waals surface area (Å²) in [5.41, 5.74) is 0.657. The van der Waals surface area contributed by atoms with Crippen LogP contribution in [0.15, 0.2) is 24.3 Å². The predicted octanol–water partition coefficient (Wildman–Crippen LogP) is 1.06. The fourth-order valence-corrected chi connectivity index (χ4v) is 3.20. The second-order valence-electron chi connectivity index (χ2n) is 6.30. The number of anilines is 1. The molecule has 6 heteroatoms. The van der Waals surface area contributed by atoms with Gasteiger partial charge in [0, 0.05) is 12.1 Å². The Bertz CT molecular complexity index is 605. The van der Waals surface area contributed by atoms with E-state index in [1.165, 1.54) is 4.90 Å². The first kappa shape index (κ1) is 15.8. The second-order valence-corrected chi connectivity index (χ2v) is 6.30. The number of para-hydroxylation sites is 2. The number of nitrogens with zero attached hydrogens (tertiary/aromatic N) is 1. The summed E-state index contributed by atoms with van der Waals surface area (Å²) in [6.07, 6.45) is 1.26. The predicted molar refractivity (Wildman–Crippen MR) is 87.5 cm³/mol. The number of hydrogen-bond acceptors (Lipinski definition) is 4. The van der Waals surface area contributed by atoms with Gasteiger partial charge < -0.3 is 15.4 Å². The number of fused-ring (bicyclic) bond motifs is 1. The number of nitrogens with one attached hydrogen (secondary N) is 2. The van der Waals surface area contributed by atoms with Gasteiger partial charge in [0.15, 0.2) is 6.10 Å². The zero-order chi connectivity index (χ0) is 16.4. The van der Waals surface area contributed by atoms with Gasteiger partial charge in [-0.25, -0.2) is 0 Å². The van der Waals surface area contributed by atoms with Crippen molar-refractivity contribution in [3.8, 4) is 5.75 Å². The van der Waals surface area contributed by atoms with E-state index >= 15 is 0 Å². The van der Waals surface area contributed by atoms with Crippen LogP contribution in [-0.4, -0.2) is 43.1 Å². The van der Waals surface area contributed by atoms with Crippen LogP contribution in [0.3, 0.4) is 0 Å². The monoisotopic (exact) mass is 317 g/mol. The van der Waals surface area contributed by atoms with Crippen LogP contribution in [0.5, 0.6) is 5.75 Å². The molecule has 1 aromatic rings. The second kappa shape index (κ2) is 6.58. The molecule has 2 heterocycles. The summed E-state index contributed by atoms with van der Waals surface area (Å²) in [6, 6.07) is 7.89. The topological polar surface area (TPSA) is 70.7 Å². The highest BCUT2D eigenvalue weighted by atomic mass is 16.5. The molecule has 2 aliphatic rings. The van der Waals surface area contributed by atoms with Gasteiger partial charge in [0.25, 0.3) is 5.91 Å². The minimum atomic E-state index is -0.573. The number of amides is 2. The molecule has 2 N–H and O–H groups in total. The first-order chi connectivity index (χ1) is 11.0. The number of rotatable bonds is 3. The Labute approximate surface area is 136 Å². The fraction of sp³-hybridized carbons (Fsp3) is 0.529. The van der Waals surface area contributed by atoms with E-state index in [0.717, 1.165) is 19.4 Å². The molecule has 0 aromatic heterocycles. The highest BCUT2D eigenvalue weighted by molar-refractivity contribution is 6.03. The minimum absolute atomic E-state index is 0.0296. The number of benzene rings is 1. The molecule has 1 saturated heterocycles. The highest BCUT2D eigenvalue weighted by Crippen LogP contribution is 2.33. The van der Waals surface area contributed by atoms with Crippen LogP contribution in [0.1, 0.15) is 26.7 Å². The third kappa shape index (κ3) is 3.47. The summed E-state index contributed by atoms with van der Waals surface area (Å²) in [4.78, 5) is 26.3. The van der Waals surface area contributed by atoms with E-state index in [-0.39, 0.29) is 24.4 Å². The van der Waals surface area contributed by atoms with E-state index in [1.807, 2.05) is 18.2 Å². The number of ether oxygens (including phenoxy) is 1. The number of hydrogen-bond donors (Lipinski definition) is 2. The molecule has 0 saturated carbocycles. The van der Waals surface area contributed by atoms with Crippen molar-refractivity contribution in [2.24, 2.45) is 0 Å². The van der Waals surface area contributed by atoms with E-state index in [2.05, 4.69) is 17.6 Å². The van der Waals surface area contributed by atoms with Gasteiger partial charge in [0.2, 0.25) is 5.91 Å². The zero-order valence-corrected chi connectivity index (χ0v) is 13.5. The van der Waals surface area contributed by atoms with Crippen LogP contribution in [0.4, 0.5) is 5.69 Å². The molecular formula is C17H23N3O3. The number of carbonyl (C=O) groups excluding carboxylic acids is 2. The molecule has 0 radical (unpaired) electrons. The van der Waals surface area contributed by atoms with Crippen LogP contribution in [0, 0.1) is 0 Å². The molecular weight excluding hydrogens is 294 g/mol. The molecule has 0 aliphatic carbocycles. The first-order valence-electron chi connectivity index (χ1n) is 8.14. The Morgan fingerprint density at radius 3 is 2.96 bits per heavy atom. The Kier molecular flexibility index (Phi) is 4.52. The number of piperidine rings is 1. The molecule has 0 spiro atoms. The van der Waals surface area contributed by atoms with Gasteiger partial charge in [0.1, 0.15) is 12.3 Å². The maximum Gasteiger partial charge on any atom is 0.268 e. The summed E-state index contributed by atoms with van der Waals surface area (Å²) in [7, 11) is 0. The van der Waals surface area contributed by atoms with Crippen molar-refractivity contribution in [1.29, 1.82) is 0 Å². The van der Waals surface area contributed by atoms with E-state index in [1.54, 1.807) is 13.0 Å². The molecule has 2 aliphatic heterocycles. The Balaban J connectivity index is 1.68. The normalized spacial score (nSPS) is 27.1. The quantitative estimate of drug-likeness (QED) is 0.874. The van der Waals surface area contributed by atoms with Crippen LogP contribution in [0.2, 0.25) is 0 Å². The fourth-order valence-electron chi connectivity index (χ4n) is 3.20. The van der Waals surface area contributed by atoms with Gasteiger partial charge in [-0.2, -0.15) is 0 Å². The van der Waals surface area contributed by atoms with Gasteiger partial charge in [-0.1, -0.05) is 12.1 Å². The average Bonchev–Trinajstić information content (AvgIpc) is 2.52. The van der Waals surface area contributed by atoms with Crippen LogP contribution >= 0.6 is 0 Å². The van der Waals surface area contributed by atoms with Crippen molar-refractivity contribution < 1.29 is 14.3 Å². The summed E-state index contributed by atoms with van der Waals surface area (Å²) < 4.78 is 5.59. The van der Waals surface area contributed by atoms with E-state index in [4.69, 9.17) is 4.74 Å². The SMILES string of the molecule is CC1CC(NC(=O)CN2C(=O)C(C)Oc3ccccc32)CCN1. The molecule has 3 unspecified atom stereocenters. The lowest BCUT2D eigenvalue weighted by molar-refractivity contribution is -0.128. The third-order valence-electron chi connectivity index (χ3n) is 4.36. The largest absolute Gasteiger partial charge is 0.479 e. The standard InChI is InChI=1S/C17H23N3O3/c1-11-9-13(7-8-18-11)19-16(21)10-20-14-5-3-4-6-15(14)23-12(2)17(20)22/h3-6,11-13,18H,7-10H2,1-2H3,(H,19,21). The summed E-state index contributed by atoms with van der Waals surface area (Å²) >= 11 is 0. The zero-order valence-electron chi connectivity index (χ0n) is 13.5. The van der Waals surface area contributed by atoms with Gasteiger partial charge >= 0.3 is 0 Å². The molecule has 6 nitrogen and oxygen atoms in total. The maximum absolute atomic E-state index is 12.4. The molecule has 1 aromatic carbocycles. The van der Waals surface area contributed by atoms with Gasteiger partial charge in [-0.15, -0.1) is 0 Å². The minimum Gasteiger partial charge on any atom is -0.479 e. The molecule has 23 heavy (non-hydrogen) atoms. The van der Waals surface area contributed by atoms with E-state index in [9.17, 15) is 9.59 Å². The van der Waals surface area contributed by atoms with E-state index in [0.29, 0.717) is 17.5 Å². The van der Waals surface area contributed by atoms with Crippen molar-refractivity contribution >= 4 is 17.5 Å². The van der Waals surface area contributed by atoms with Crippen molar-refractivity contribution in [1.82, 2.24) is 10.6 Å². The van der Waals surface area contributed by atoms with Crippen LogP contribution in [0.25, 0.3) is 0 Å². The van der Waals surface area contributed by atoms with Gasteiger partial charge in [-0.05, 0) is 45.4 Å². The van der Waals surface area contributed by atoms with Gasteiger partial charge in [-0.3, -0.25) is 14.5 Å². The lowest BCUT2D eigenvalue weighted by Gasteiger charge is -2.33. The summed E-state index contributed by atoms with van der Waals surface area (Å²) in [5.74, 6) is 0.335. The smallest absolute Gasteiger partial charge is 0.268 e. The average molecular weight is 317 g/mol. The molecule has 3 atom stereocenters. The van der Waals surface area contributed by atoms with Crippen molar-refractivity contribution in [2.45, 2.75) is 44.9 Å². The molecule has 0 bridgehead atoms. The Morgan fingerprint density at radius 2 is 2.17 bits per heavy atom. The molecule has 124 valence electrons. The van der Waals surface area contributed by atoms with Crippen molar-refractivity contribution in [3.05, 3.63) is 24.3 Å². The maximum atomic E-state index is 12.4. The van der Waals surface area contributed by atoms with Crippen molar-refractivity contribution in [3.63, 3.8) is 0 Å². The van der Waals surface area contributed by atoms with Crippen molar-refractivity contribution in [2.75, 3.05) is 18.0 Å². The van der Waals surface area contributed by atoms with E-state index < -0.39 is 6.10 Å². The molecule has 2 amide bonds. The highest BCUT2D eigenvalue weighted by Gasteiger charge is 2.33. The summed E-state index contributed by atoms with van der Waals surface area (Å²) in [6.45, 7) is 4.75.